The molecule has 1 aromatic rings. The Labute approximate surface area is 148 Å². The van der Waals surface area contributed by atoms with E-state index in [0.717, 1.165) is 19.3 Å². The summed E-state index contributed by atoms with van der Waals surface area (Å²) in [7, 11) is 0. The topological polar surface area (TPSA) is 46.2 Å². The lowest BCUT2D eigenvalue weighted by Gasteiger charge is -2.27. The molecule has 0 fully saturated rings. The zero-order valence-electron chi connectivity index (χ0n) is 15.6. The molecule has 0 bridgehead atoms. The first kappa shape index (κ1) is 19.2. The van der Waals surface area contributed by atoms with Gasteiger partial charge in [-0.25, -0.2) is 0 Å². The van der Waals surface area contributed by atoms with E-state index in [1.807, 2.05) is 6.92 Å². The minimum Gasteiger partial charge on any atom is -0.394 e. The number of hydrogen-bond acceptors (Lipinski definition) is 2. The summed E-state index contributed by atoms with van der Waals surface area (Å²) in [5.74, 6) is 0. The first-order valence-electron chi connectivity index (χ1n) is 9.76. The Balaban J connectivity index is 1.92. The molecule has 1 aromatic carbocycles. The van der Waals surface area contributed by atoms with Crippen LogP contribution in [-0.2, 0) is 12.8 Å². The van der Waals surface area contributed by atoms with E-state index in [9.17, 15) is 5.11 Å². The summed E-state index contributed by atoms with van der Waals surface area (Å²) >= 11 is 0. The zero-order chi connectivity index (χ0) is 17.4. The van der Waals surface area contributed by atoms with E-state index < -0.39 is 5.54 Å². The lowest BCUT2D eigenvalue weighted by Crippen LogP contribution is -2.40. The summed E-state index contributed by atoms with van der Waals surface area (Å²) in [6.07, 6.45) is 14.6. The highest BCUT2D eigenvalue weighted by molar-refractivity contribution is 5.71. The van der Waals surface area contributed by atoms with Crippen LogP contribution in [0.15, 0.2) is 24.3 Å². The van der Waals surface area contributed by atoms with Crippen molar-refractivity contribution in [1.82, 2.24) is 0 Å². The van der Waals surface area contributed by atoms with Crippen molar-refractivity contribution < 1.29 is 5.11 Å². The first-order valence-corrected chi connectivity index (χ1v) is 9.76. The van der Waals surface area contributed by atoms with Crippen molar-refractivity contribution in [1.29, 1.82) is 0 Å². The van der Waals surface area contributed by atoms with Gasteiger partial charge in [0.25, 0.3) is 0 Å². The minimum absolute atomic E-state index is 0.0236. The number of aliphatic hydroxyl groups is 1. The van der Waals surface area contributed by atoms with Gasteiger partial charge in [-0.3, -0.25) is 0 Å². The average molecular weight is 330 g/mol. The van der Waals surface area contributed by atoms with Gasteiger partial charge in [-0.05, 0) is 61.3 Å². The molecule has 0 aromatic heterocycles. The van der Waals surface area contributed by atoms with E-state index >= 15 is 0 Å². The molecule has 1 aliphatic rings. The molecule has 0 aliphatic heterocycles. The second-order valence-electron chi connectivity index (χ2n) is 7.77. The van der Waals surface area contributed by atoms with Crippen molar-refractivity contribution in [3.63, 3.8) is 0 Å². The Hall–Kier alpha value is -1.12. The second-order valence-corrected chi connectivity index (χ2v) is 7.77. The molecule has 0 spiro atoms. The molecular weight excluding hydrogens is 294 g/mol. The van der Waals surface area contributed by atoms with Crippen LogP contribution in [0.25, 0.3) is 5.57 Å². The van der Waals surface area contributed by atoms with Crippen LogP contribution in [0.4, 0.5) is 0 Å². The molecule has 24 heavy (non-hydrogen) atoms. The summed E-state index contributed by atoms with van der Waals surface area (Å²) in [5, 5.41) is 9.44. The predicted octanol–water partition coefficient (Wildman–Crippen LogP) is 5.02. The van der Waals surface area contributed by atoms with E-state index in [1.54, 1.807) is 0 Å². The lowest BCUT2D eigenvalue weighted by molar-refractivity contribution is 0.211. The number of hydrogen-bond donors (Lipinski definition) is 2. The van der Waals surface area contributed by atoms with Crippen molar-refractivity contribution in [2.45, 2.75) is 83.6 Å². The first-order chi connectivity index (χ1) is 11.6. The summed E-state index contributed by atoms with van der Waals surface area (Å²) in [6, 6.07) is 6.97. The summed E-state index contributed by atoms with van der Waals surface area (Å²) in [4.78, 5) is 0. The van der Waals surface area contributed by atoms with Gasteiger partial charge in [0.15, 0.2) is 0 Å². The van der Waals surface area contributed by atoms with Gasteiger partial charge >= 0.3 is 0 Å². The molecule has 2 heteroatoms. The highest BCUT2D eigenvalue weighted by atomic mass is 16.3. The van der Waals surface area contributed by atoms with E-state index in [0.29, 0.717) is 0 Å². The molecule has 2 nitrogen and oxygen atoms in total. The summed E-state index contributed by atoms with van der Waals surface area (Å²) in [5.41, 5.74) is 11.2. The zero-order valence-corrected chi connectivity index (χ0v) is 15.6. The third-order valence-electron chi connectivity index (χ3n) is 5.09. The van der Waals surface area contributed by atoms with E-state index in [-0.39, 0.29) is 6.61 Å². The van der Waals surface area contributed by atoms with Crippen LogP contribution >= 0.6 is 0 Å². The Morgan fingerprint density at radius 2 is 1.88 bits per heavy atom. The maximum Gasteiger partial charge on any atom is 0.0611 e. The maximum atomic E-state index is 9.44. The van der Waals surface area contributed by atoms with Crippen LogP contribution < -0.4 is 5.73 Å². The fourth-order valence-corrected chi connectivity index (χ4v) is 3.60. The lowest BCUT2D eigenvalue weighted by atomic mass is 9.83. The molecule has 2 rings (SSSR count). The van der Waals surface area contributed by atoms with Gasteiger partial charge in [0, 0.05) is 5.54 Å². The number of unbranched alkanes of at least 4 members (excludes halogenated alkanes) is 5. The monoisotopic (exact) mass is 329 g/mol. The average Bonchev–Trinajstić information content (AvgIpc) is 2.58. The molecule has 0 saturated carbocycles. The van der Waals surface area contributed by atoms with Gasteiger partial charge in [-0.15, -0.1) is 0 Å². The quantitative estimate of drug-likeness (QED) is 0.592. The van der Waals surface area contributed by atoms with Crippen LogP contribution in [-0.4, -0.2) is 17.3 Å². The molecule has 0 heterocycles. The van der Waals surface area contributed by atoms with Crippen LogP contribution in [0.3, 0.4) is 0 Å². The van der Waals surface area contributed by atoms with Crippen molar-refractivity contribution in [2.24, 2.45) is 5.73 Å². The molecule has 0 radical (unpaired) electrons. The van der Waals surface area contributed by atoms with E-state index in [1.165, 1.54) is 67.2 Å². The van der Waals surface area contributed by atoms with Crippen molar-refractivity contribution in [3.8, 4) is 0 Å². The molecule has 0 amide bonds. The third-order valence-corrected chi connectivity index (χ3v) is 5.09. The van der Waals surface area contributed by atoms with E-state index in [2.05, 4.69) is 31.2 Å². The fraction of sp³-hybridized carbons (Fsp3) is 0.636. The Morgan fingerprint density at radius 3 is 2.62 bits per heavy atom. The van der Waals surface area contributed by atoms with Gasteiger partial charge in [0.2, 0.25) is 0 Å². The van der Waals surface area contributed by atoms with Crippen molar-refractivity contribution in [3.05, 3.63) is 41.0 Å². The number of rotatable bonds is 10. The van der Waals surface area contributed by atoms with Crippen molar-refractivity contribution in [2.75, 3.05) is 6.61 Å². The fourth-order valence-electron chi connectivity index (χ4n) is 3.60. The molecule has 134 valence electrons. The Bertz CT molecular complexity index is 545. The second kappa shape index (κ2) is 9.39. The standard InChI is InChI=1S/C22H35NO/c1-3-4-5-6-7-8-10-18-13-14-21-19(15-18)11-9-12-20(21)16-22(2,23)17-24/h12-15,24H,3-11,16-17,23H2,1-2H3/t22-/m1/s1. The maximum absolute atomic E-state index is 9.44. The minimum atomic E-state index is -0.530. The SMILES string of the molecule is CCCCCCCCc1ccc2c(c1)CCC=C2C[C@@](C)(N)CO. The smallest absolute Gasteiger partial charge is 0.0611 e. The number of aryl methyl sites for hydroxylation is 2. The number of benzene rings is 1. The normalized spacial score (nSPS) is 16.4. The van der Waals surface area contributed by atoms with Crippen LogP contribution in [0.2, 0.25) is 0 Å². The van der Waals surface area contributed by atoms with Gasteiger partial charge in [-0.1, -0.05) is 63.3 Å². The number of fused-ring (bicyclic) bond motifs is 1. The van der Waals surface area contributed by atoms with Gasteiger partial charge in [-0.2, -0.15) is 0 Å². The van der Waals surface area contributed by atoms with Crippen LogP contribution in [0.1, 0.15) is 81.9 Å². The predicted molar refractivity (Wildman–Crippen MR) is 104 cm³/mol. The summed E-state index contributed by atoms with van der Waals surface area (Å²) in [6.45, 7) is 4.22. The Morgan fingerprint density at radius 1 is 1.12 bits per heavy atom. The van der Waals surface area contributed by atoms with Gasteiger partial charge < -0.3 is 10.8 Å². The van der Waals surface area contributed by atoms with E-state index in [4.69, 9.17) is 5.73 Å². The molecule has 0 unspecified atom stereocenters. The highest BCUT2D eigenvalue weighted by Gasteiger charge is 2.22. The summed E-state index contributed by atoms with van der Waals surface area (Å²) < 4.78 is 0. The molecule has 0 saturated heterocycles. The number of allylic oxidation sites excluding steroid dienone is 1. The third kappa shape index (κ3) is 5.75. The molecule has 1 atom stereocenters. The number of aliphatic hydroxyl groups excluding tert-OH is 1. The molecule has 1 aliphatic carbocycles. The van der Waals surface area contributed by atoms with Crippen molar-refractivity contribution >= 4 is 5.57 Å². The largest absolute Gasteiger partial charge is 0.394 e. The van der Waals surface area contributed by atoms with Gasteiger partial charge in [0.1, 0.15) is 0 Å². The van der Waals surface area contributed by atoms with Gasteiger partial charge in [0.05, 0.1) is 6.61 Å². The molecule has 3 N–H and O–H groups in total. The van der Waals surface area contributed by atoms with Crippen LogP contribution in [0, 0.1) is 0 Å². The highest BCUT2D eigenvalue weighted by Crippen LogP contribution is 2.32. The molecular formula is C22H35NO. The van der Waals surface area contributed by atoms with Crippen LogP contribution in [0.5, 0.6) is 0 Å². The Kier molecular flexibility index (Phi) is 7.51. The number of nitrogens with two attached hydrogens (primary N) is 1.